The third-order valence-electron chi connectivity index (χ3n) is 2.78. The molecule has 0 saturated carbocycles. The van der Waals surface area contributed by atoms with Gasteiger partial charge >= 0.3 is 0 Å². The molecule has 1 unspecified atom stereocenters. The van der Waals surface area contributed by atoms with E-state index in [4.69, 9.17) is 11.6 Å². The fraction of sp³-hybridized carbons (Fsp3) is 0.133. The van der Waals surface area contributed by atoms with Gasteiger partial charge in [-0.2, -0.15) is 0 Å². The zero-order valence-electron chi connectivity index (χ0n) is 10.1. The lowest BCUT2D eigenvalue weighted by molar-refractivity contribution is -0.113. The highest BCUT2D eigenvalue weighted by Gasteiger charge is 2.17. The molecule has 2 nitrogen and oxygen atoms in total. The van der Waals surface area contributed by atoms with Crippen molar-refractivity contribution in [2.75, 3.05) is 0 Å². The summed E-state index contributed by atoms with van der Waals surface area (Å²) in [5.74, 6) is -0.281. The zero-order valence-corrected chi connectivity index (χ0v) is 10.9. The standard InChI is InChI=1S/C15H13ClFNO/c16-15(19)14(12-4-2-1-3-5-12)18-10-11-6-8-13(17)9-7-11/h1-9,14,18H,10H2. The van der Waals surface area contributed by atoms with Gasteiger partial charge in [0.15, 0.2) is 0 Å². The molecule has 0 aliphatic heterocycles. The average Bonchev–Trinajstić information content (AvgIpc) is 2.42. The van der Waals surface area contributed by atoms with Gasteiger partial charge in [0.1, 0.15) is 11.9 Å². The van der Waals surface area contributed by atoms with E-state index in [1.165, 1.54) is 12.1 Å². The maximum atomic E-state index is 12.8. The van der Waals surface area contributed by atoms with Crippen LogP contribution in [0.4, 0.5) is 4.39 Å². The van der Waals surface area contributed by atoms with Crippen molar-refractivity contribution < 1.29 is 9.18 Å². The van der Waals surface area contributed by atoms with Gasteiger partial charge in [0.25, 0.3) is 0 Å². The lowest BCUT2D eigenvalue weighted by Crippen LogP contribution is -2.25. The molecule has 1 atom stereocenters. The van der Waals surface area contributed by atoms with Crippen molar-refractivity contribution in [1.29, 1.82) is 0 Å². The molecule has 0 saturated heterocycles. The molecule has 0 aromatic heterocycles. The van der Waals surface area contributed by atoms with Crippen LogP contribution in [0.15, 0.2) is 54.6 Å². The first-order valence-corrected chi connectivity index (χ1v) is 6.27. The predicted octanol–water partition coefficient (Wildman–Crippen LogP) is 3.42. The van der Waals surface area contributed by atoms with Gasteiger partial charge in [0, 0.05) is 6.54 Å². The van der Waals surface area contributed by atoms with Crippen LogP contribution < -0.4 is 5.32 Å². The van der Waals surface area contributed by atoms with E-state index in [-0.39, 0.29) is 5.82 Å². The number of rotatable bonds is 5. The van der Waals surface area contributed by atoms with Crippen molar-refractivity contribution in [3.8, 4) is 0 Å². The van der Waals surface area contributed by atoms with Crippen LogP contribution >= 0.6 is 11.6 Å². The quantitative estimate of drug-likeness (QED) is 0.849. The van der Waals surface area contributed by atoms with E-state index in [9.17, 15) is 9.18 Å². The molecule has 0 aliphatic carbocycles. The smallest absolute Gasteiger partial charge is 0.243 e. The van der Waals surface area contributed by atoms with Crippen molar-refractivity contribution in [1.82, 2.24) is 5.32 Å². The van der Waals surface area contributed by atoms with Crippen LogP contribution in [-0.4, -0.2) is 5.24 Å². The predicted molar refractivity (Wildman–Crippen MR) is 73.3 cm³/mol. The van der Waals surface area contributed by atoms with Gasteiger partial charge in [-0.1, -0.05) is 42.5 Å². The van der Waals surface area contributed by atoms with Gasteiger partial charge in [-0.3, -0.25) is 10.1 Å². The monoisotopic (exact) mass is 277 g/mol. The molecule has 98 valence electrons. The topological polar surface area (TPSA) is 29.1 Å². The van der Waals surface area contributed by atoms with E-state index in [1.807, 2.05) is 30.3 Å². The highest BCUT2D eigenvalue weighted by Crippen LogP contribution is 2.16. The number of hydrogen-bond acceptors (Lipinski definition) is 2. The van der Waals surface area contributed by atoms with E-state index in [0.717, 1.165) is 11.1 Å². The Morgan fingerprint density at radius 1 is 1.11 bits per heavy atom. The van der Waals surface area contributed by atoms with E-state index < -0.39 is 11.3 Å². The number of halogens is 2. The average molecular weight is 278 g/mol. The molecule has 1 N–H and O–H groups in total. The Morgan fingerprint density at radius 3 is 2.32 bits per heavy atom. The first kappa shape index (κ1) is 13.7. The SMILES string of the molecule is O=C(Cl)C(NCc1ccc(F)cc1)c1ccccc1. The van der Waals surface area contributed by atoms with Crippen molar-refractivity contribution >= 4 is 16.8 Å². The Morgan fingerprint density at radius 2 is 1.74 bits per heavy atom. The minimum absolute atomic E-state index is 0.281. The number of nitrogens with one attached hydrogen (secondary N) is 1. The molecular formula is C15H13ClFNO. The molecule has 0 amide bonds. The molecule has 4 heteroatoms. The summed E-state index contributed by atoms with van der Waals surface area (Å²) in [7, 11) is 0. The number of carbonyl (C=O) groups is 1. The number of hydrogen-bond donors (Lipinski definition) is 1. The molecule has 2 aromatic rings. The summed E-state index contributed by atoms with van der Waals surface area (Å²) in [5.41, 5.74) is 1.70. The van der Waals surface area contributed by atoms with Crippen LogP contribution in [0.5, 0.6) is 0 Å². The van der Waals surface area contributed by atoms with Gasteiger partial charge in [-0.15, -0.1) is 0 Å². The van der Waals surface area contributed by atoms with Crippen LogP contribution in [0.25, 0.3) is 0 Å². The minimum atomic E-state index is -0.562. The van der Waals surface area contributed by atoms with Crippen molar-refractivity contribution in [2.24, 2.45) is 0 Å². The third-order valence-corrected chi connectivity index (χ3v) is 3.00. The second-order valence-corrected chi connectivity index (χ2v) is 4.53. The summed E-state index contributed by atoms with van der Waals surface area (Å²) in [6.45, 7) is 0.443. The fourth-order valence-corrected chi connectivity index (χ4v) is 2.00. The van der Waals surface area contributed by atoms with Crippen LogP contribution in [0, 0.1) is 5.82 Å². The van der Waals surface area contributed by atoms with Gasteiger partial charge in [-0.25, -0.2) is 4.39 Å². The second kappa shape index (κ2) is 6.45. The lowest BCUT2D eigenvalue weighted by Gasteiger charge is -2.15. The molecule has 0 radical (unpaired) electrons. The molecular weight excluding hydrogens is 265 g/mol. The van der Waals surface area contributed by atoms with Gasteiger partial charge in [0.2, 0.25) is 5.24 Å². The largest absolute Gasteiger partial charge is 0.299 e. The van der Waals surface area contributed by atoms with E-state index >= 15 is 0 Å². The summed E-state index contributed by atoms with van der Waals surface area (Å²) in [6.07, 6.45) is 0. The zero-order chi connectivity index (χ0) is 13.7. The summed E-state index contributed by atoms with van der Waals surface area (Å²) in [5, 5.41) is 2.60. The van der Waals surface area contributed by atoms with Crippen molar-refractivity contribution in [3.05, 3.63) is 71.5 Å². The summed E-state index contributed by atoms with van der Waals surface area (Å²) < 4.78 is 12.8. The van der Waals surface area contributed by atoms with Crippen molar-refractivity contribution in [3.63, 3.8) is 0 Å². The minimum Gasteiger partial charge on any atom is -0.299 e. The van der Waals surface area contributed by atoms with Crippen LogP contribution in [0.3, 0.4) is 0 Å². The van der Waals surface area contributed by atoms with Gasteiger partial charge in [-0.05, 0) is 34.9 Å². The molecule has 2 rings (SSSR count). The Labute approximate surface area is 116 Å². The van der Waals surface area contributed by atoms with Crippen molar-refractivity contribution in [2.45, 2.75) is 12.6 Å². The van der Waals surface area contributed by atoms with E-state index in [1.54, 1.807) is 12.1 Å². The first-order valence-electron chi connectivity index (χ1n) is 5.89. The maximum absolute atomic E-state index is 12.8. The third kappa shape index (κ3) is 3.88. The molecule has 19 heavy (non-hydrogen) atoms. The highest BCUT2D eigenvalue weighted by molar-refractivity contribution is 6.64. The summed E-state index contributed by atoms with van der Waals surface area (Å²) in [6, 6.07) is 14.8. The number of benzene rings is 2. The Balaban J connectivity index is 2.06. The first-order chi connectivity index (χ1) is 9.16. The maximum Gasteiger partial charge on any atom is 0.243 e. The molecule has 0 aliphatic rings. The van der Waals surface area contributed by atoms with Crippen LogP contribution in [0.1, 0.15) is 17.2 Å². The molecule has 2 aromatic carbocycles. The Hall–Kier alpha value is -1.71. The summed E-state index contributed by atoms with van der Waals surface area (Å²) >= 11 is 5.61. The second-order valence-electron chi connectivity index (χ2n) is 4.16. The molecule has 0 heterocycles. The Kier molecular flexibility index (Phi) is 4.66. The summed E-state index contributed by atoms with van der Waals surface area (Å²) in [4.78, 5) is 11.5. The number of carbonyl (C=O) groups excluding carboxylic acids is 1. The fourth-order valence-electron chi connectivity index (χ4n) is 1.80. The Bertz CT molecular complexity index is 542. The van der Waals surface area contributed by atoms with Gasteiger partial charge in [0.05, 0.1) is 0 Å². The molecule has 0 bridgehead atoms. The van der Waals surface area contributed by atoms with Crippen LogP contribution in [-0.2, 0) is 11.3 Å². The normalized spacial score (nSPS) is 12.1. The van der Waals surface area contributed by atoms with Crippen LogP contribution in [0.2, 0.25) is 0 Å². The van der Waals surface area contributed by atoms with Gasteiger partial charge < -0.3 is 0 Å². The molecule has 0 spiro atoms. The van der Waals surface area contributed by atoms with E-state index in [2.05, 4.69) is 5.32 Å². The van der Waals surface area contributed by atoms with E-state index in [0.29, 0.717) is 6.54 Å². The lowest BCUT2D eigenvalue weighted by atomic mass is 10.1. The molecule has 0 fully saturated rings. The highest BCUT2D eigenvalue weighted by atomic mass is 35.5.